The van der Waals surface area contributed by atoms with E-state index in [1.165, 1.54) is 12.8 Å². The molecule has 3 rings (SSSR count). The van der Waals surface area contributed by atoms with Crippen LogP contribution in [0.25, 0.3) is 11.0 Å². The van der Waals surface area contributed by atoms with Gasteiger partial charge >= 0.3 is 0 Å². The lowest BCUT2D eigenvalue weighted by atomic mass is 10.3. The Hall–Kier alpha value is -1.13. The van der Waals surface area contributed by atoms with Crippen molar-refractivity contribution < 1.29 is 4.74 Å². The van der Waals surface area contributed by atoms with Crippen LogP contribution in [0.15, 0.2) is 18.2 Å². The van der Waals surface area contributed by atoms with Gasteiger partial charge in [-0.25, -0.2) is 4.68 Å². The number of hydrogen-bond acceptors (Lipinski definition) is 3. The van der Waals surface area contributed by atoms with Gasteiger partial charge in [-0.3, -0.25) is 0 Å². The molecule has 0 radical (unpaired) electrons. The molecule has 84 valence electrons. The summed E-state index contributed by atoms with van der Waals surface area (Å²) >= 11 is 5.94. The molecular formula is C11H12ClN3O. The lowest BCUT2D eigenvalue weighted by Gasteiger charge is -2.03. The van der Waals surface area contributed by atoms with Gasteiger partial charge in [0, 0.05) is 5.02 Å². The van der Waals surface area contributed by atoms with Crippen LogP contribution < -0.4 is 0 Å². The molecule has 1 aliphatic rings. The van der Waals surface area contributed by atoms with E-state index in [0.29, 0.717) is 17.7 Å². The third kappa shape index (κ3) is 2.03. The highest BCUT2D eigenvalue weighted by Crippen LogP contribution is 2.23. The van der Waals surface area contributed by atoms with Crippen molar-refractivity contribution in [2.24, 2.45) is 0 Å². The van der Waals surface area contributed by atoms with Gasteiger partial charge in [-0.1, -0.05) is 16.8 Å². The quantitative estimate of drug-likeness (QED) is 0.819. The molecule has 1 saturated carbocycles. The standard InChI is InChI=1S/C11H12ClN3O/c12-8-1-4-10-11(7-8)15(14-13-10)5-6-16-9-2-3-9/h1,4,7,9H,2-3,5-6H2. The van der Waals surface area contributed by atoms with Gasteiger partial charge < -0.3 is 4.74 Å². The SMILES string of the molecule is Clc1ccc2nnn(CCOC3CC3)c2c1. The fourth-order valence-corrected chi connectivity index (χ4v) is 1.81. The smallest absolute Gasteiger partial charge is 0.113 e. The second kappa shape index (κ2) is 4.03. The van der Waals surface area contributed by atoms with Crippen molar-refractivity contribution in [2.45, 2.75) is 25.5 Å². The highest BCUT2D eigenvalue weighted by molar-refractivity contribution is 6.31. The molecule has 1 aromatic heterocycles. The first-order valence-electron chi connectivity index (χ1n) is 5.43. The summed E-state index contributed by atoms with van der Waals surface area (Å²) < 4.78 is 7.42. The molecule has 5 heteroatoms. The Morgan fingerprint density at radius 2 is 2.31 bits per heavy atom. The summed E-state index contributed by atoms with van der Waals surface area (Å²) in [6.07, 6.45) is 2.88. The van der Waals surface area contributed by atoms with Crippen LogP contribution in [0.4, 0.5) is 0 Å². The van der Waals surface area contributed by atoms with E-state index in [4.69, 9.17) is 16.3 Å². The van der Waals surface area contributed by atoms with Crippen LogP contribution in [0.2, 0.25) is 5.02 Å². The first kappa shape index (κ1) is 10.1. The predicted octanol–water partition coefficient (Wildman–Crippen LogP) is 2.26. The second-order valence-corrected chi connectivity index (χ2v) is 4.45. The van der Waals surface area contributed by atoms with Crippen molar-refractivity contribution in [3.8, 4) is 0 Å². The van der Waals surface area contributed by atoms with Crippen LogP contribution in [-0.2, 0) is 11.3 Å². The molecule has 1 aromatic carbocycles. The number of fused-ring (bicyclic) bond motifs is 1. The summed E-state index contributed by atoms with van der Waals surface area (Å²) in [5.41, 5.74) is 1.84. The van der Waals surface area contributed by atoms with Crippen molar-refractivity contribution >= 4 is 22.6 Å². The lowest BCUT2D eigenvalue weighted by molar-refractivity contribution is 0.110. The summed E-state index contributed by atoms with van der Waals surface area (Å²) in [4.78, 5) is 0. The Morgan fingerprint density at radius 1 is 1.44 bits per heavy atom. The average Bonchev–Trinajstić information content (AvgIpc) is 3.01. The zero-order valence-corrected chi connectivity index (χ0v) is 9.52. The van der Waals surface area contributed by atoms with E-state index in [-0.39, 0.29) is 0 Å². The number of nitrogens with zero attached hydrogens (tertiary/aromatic N) is 3. The van der Waals surface area contributed by atoms with E-state index in [9.17, 15) is 0 Å². The van der Waals surface area contributed by atoms with Gasteiger partial charge in [0.25, 0.3) is 0 Å². The van der Waals surface area contributed by atoms with Crippen molar-refractivity contribution in [1.82, 2.24) is 15.0 Å². The maximum Gasteiger partial charge on any atom is 0.113 e. The molecule has 16 heavy (non-hydrogen) atoms. The number of aromatic nitrogens is 3. The number of halogens is 1. The molecule has 0 N–H and O–H groups in total. The zero-order valence-electron chi connectivity index (χ0n) is 8.77. The minimum absolute atomic E-state index is 0.485. The largest absolute Gasteiger partial charge is 0.376 e. The molecule has 0 bridgehead atoms. The van der Waals surface area contributed by atoms with Crippen LogP contribution in [0.3, 0.4) is 0 Å². The Morgan fingerprint density at radius 3 is 3.12 bits per heavy atom. The first-order valence-corrected chi connectivity index (χ1v) is 5.81. The van der Waals surface area contributed by atoms with Crippen molar-refractivity contribution in [2.75, 3.05) is 6.61 Å². The second-order valence-electron chi connectivity index (χ2n) is 4.02. The van der Waals surface area contributed by atoms with Crippen molar-refractivity contribution in [3.05, 3.63) is 23.2 Å². The van der Waals surface area contributed by atoms with Gasteiger partial charge in [0.2, 0.25) is 0 Å². The van der Waals surface area contributed by atoms with E-state index in [1.807, 2.05) is 22.9 Å². The first-order chi connectivity index (χ1) is 7.83. The predicted molar refractivity (Wildman–Crippen MR) is 61.5 cm³/mol. The molecule has 0 spiro atoms. The van der Waals surface area contributed by atoms with Gasteiger partial charge in [0.15, 0.2) is 0 Å². The average molecular weight is 238 g/mol. The van der Waals surface area contributed by atoms with Gasteiger partial charge in [0.1, 0.15) is 5.52 Å². The van der Waals surface area contributed by atoms with E-state index >= 15 is 0 Å². The summed E-state index contributed by atoms with van der Waals surface area (Å²) in [6, 6.07) is 5.58. The van der Waals surface area contributed by atoms with Crippen LogP contribution in [0.5, 0.6) is 0 Å². The number of benzene rings is 1. The fraction of sp³-hybridized carbons (Fsp3) is 0.455. The third-order valence-electron chi connectivity index (χ3n) is 2.66. The van der Waals surface area contributed by atoms with Crippen LogP contribution in [0, 0.1) is 0 Å². The highest BCUT2D eigenvalue weighted by Gasteiger charge is 2.21. The maximum atomic E-state index is 5.94. The minimum atomic E-state index is 0.485. The summed E-state index contributed by atoms with van der Waals surface area (Å²) in [5, 5.41) is 8.86. The molecule has 0 amide bonds. The number of rotatable bonds is 4. The molecule has 4 nitrogen and oxygen atoms in total. The third-order valence-corrected chi connectivity index (χ3v) is 2.89. The monoisotopic (exact) mass is 237 g/mol. The molecule has 1 fully saturated rings. The van der Waals surface area contributed by atoms with E-state index in [1.54, 1.807) is 0 Å². The van der Waals surface area contributed by atoms with Gasteiger partial charge in [-0.2, -0.15) is 0 Å². The van der Waals surface area contributed by atoms with Gasteiger partial charge in [-0.15, -0.1) is 5.10 Å². The molecular weight excluding hydrogens is 226 g/mol. The summed E-state index contributed by atoms with van der Waals surface area (Å²) in [5.74, 6) is 0. The van der Waals surface area contributed by atoms with Gasteiger partial charge in [0.05, 0.1) is 24.8 Å². The van der Waals surface area contributed by atoms with E-state index in [2.05, 4.69) is 10.3 Å². The van der Waals surface area contributed by atoms with Crippen LogP contribution >= 0.6 is 11.6 Å². The molecule has 0 aliphatic heterocycles. The Bertz CT molecular complexity index is 507. The minimum Gasteiger partial charge on any atom is -0.376 e. The number of hydrogen-bond donors (Lipinski definition) is 0. The Labute approximate surface area is 98.1 Å². The molecule has 1 heterocycles. The molecule has 0 atom stereocenters. The van der Waals surface area contributed by atoms with E-state index < -0.39 is 0 Å². The van der Waals surface area contributed by atoms with Crippen molar-refractivity contribution in [1.29, 1.82) is 0 Å². The molecule has 1 aliphatic carbocycles. The Kier molecular flexibility index (Phi) is 2.53. The highest BCUT2D eigenvalue weighted by atomic mass is 35.5. The lowest BCUT2D eigenvalue weighted by Crippen LogP contribution is -2.08. The Balaban J connectivity index is 1.76. The number of ether oxygens (including phenoxy) is 1. The van der Waals surface area contributed by atoms with Crippen molar-refractivity contribution in [3.63, 3.8) is 0 Å². The summed E-state index contributed by atoms with van der Waals surface area (Å²) in [6.45, 7) is 1.42. The van der Waals surface area contributed by atoms with E-state index in [0.717, 1.165) is 17.6 Å². The zero-order chi connectivity index (χ0) is 11.0. The summed E-state index contributed by atoms with van der Waals surface area (Å²) in [7, 11) is 0. The molecule has 2 aromatic rings. The fourth-order valence-electron chi connectivity index (χ4n) is 1.64. The van der Waals surface area contributed by atoms with Crippen LogP contribution in [0.1, 0.15) is 12.8 Å². The maximum absolute atomic E-state index is 5.94. The molecule has 0 unspecified atom stereocenters. The van der Waals surface area contributed by atoms with Gasteiger partial charge in [-0.05, 0) is 31.0 Å². The normalized spacial score (nSPS) is 15.8. The molecule has 0 saturated heterocycles. The van der Waals surface area contributed by atoms with Crippen LogP contribution in [-0.4, -0.2) is 27.7 Å². The topological polar surface area (TPSA) is 39.9 Å².